The van der Waals surface area contributed by atoms with E-state index in [0.29, 0.717) is 5.41 Å². The quantitative estimate of drug-likeness (QED) is 0.800. The van der Waals surface area contributed by atoms with E-state index in [2.05, 4.69) is 47.7 Å². The van der Waals surface area contributed by atoms with E-state index in [0.717, 1.165) is 22.6 Å². The van der Waals surface area contributed by atoms with Gasteiger partial charge >= 0.3 is 0 Å². The minimum Gasteiger partial charge on any atom is -0.303 e. The van der Waals surface area contributed by atoms with Gasteiger partial charge in [0.2, 0.25) is 0 Å². The summed E-state index contributed by atoms with van der Waals surface area (Å²) in [7, 11) is 0. The van der Waals surface area contributed by atoms with Crippen molar-refractivity contribution in [2.24, 2.45) is 11.3 Å². The Labute approximate surface area is 158 Å². The lowest BCUT2D eigenvalue weighted by Gasteiger charge is -2.22. The molecule has 2 heterocycles. The van der Waals surface area contributed by atoms with Gasteiger partial charge in [-0.15, -0.1) is 16.4 Å². The van der Waals surface area contributed by atoms with E-state index in [4.69, 9.17) is 11.6 Å². The predicted molar refractivity (Wildman–Crippen MR) is 101 cm³/mol. The Morgan fingerprint density at radius 1 is 1.40 bits per heavy atom. The van der Waals surface area contributed by atoms with Gasteiger partial charge in [-0.25, -0.2) is 4.68 Å². The first-order valence-corrected chi connectivity index (χ1v) is 10.4. The number of aryl methyl sites for hydroxylation is 1. The van der Waals surface area contributed by atoms with Gasteiger partial charge < -0.3 is 5.32 Å². The number of rotatable bonds is 6. The number of nitrogens with one attached hydrogen (secondary N) is 1. The van der Waals surface area contributed by atoms with Crippen LogP contribution in [0.1, 0.15) is 74.3 Å². The summed E-state index contributed by atoms with van der Waals surface area (Å²) in [5.74, 6) is 1.65. The minimum atomic E-state index is -0.00287. The minimum absolute atomic E-state index is 0.00287. The van der Waals surface area contributed by atoms with Crippen LogP contribution in [0, 0.1) is 18.3 Å². The molecule has 2 aromatic heterocycles. The van der Waals surface area contributed by atoms with Crippen LogP contribution < -0.4 is 5.32 Å². The largest absolute Gasteiger partial charge is 0.303 e. The molecular weight excluding hydrogens is 354 g/mol. The molecule has 2 atom stereocenters. The van der Waals surface area contributed by atoms with E-state index in [1.54, 1.807) is 11.3 Å². The van der Waals surface area contributed by atoms with Crippen molar-refractivity contribution in [2.75, 3.05) is 6.54 Å². The fraction of sp³-hybridized carbons (Fsp3) is 0.722. The maximum absolute atomic E-state index is 6.28. The van der Waals surface area contributed by atoms with Gasteiger partial charge in [0.15, 0.2) is 5.82 Å². The molecule has 4 rings (SSSR count). The molecule has 1 spiro atoms. The van der Waals surface area contributed by atoms with Crippen LogP contribution >= 0.6 is 22.9 Å². The average Bonchev–Trinajstić information content (AvgIpc) is 2.90. The standard InChI is InChI=1S/C18H26ClN5S/c1-11(2)24-17(21-22-23-24)16(14-8-15(19)25-12(14)3)20-10-13-4-5-18(9-13)6-7-18/h8,11,13,16,20H,4-7,9-10H2,1-3H3. The summed E-state index contributed by atoms with van der Waals surface area (Å²) in [6.45, 7) is 7.36. The molecule has 136 valence electrons. The third-order valence-electron chi connectivity index (χ3n) is 5.88. The van der Waals surface area contributed by atoms with Gasteiger partial charge in [0, 0.05) is 4.88 Å². The fourth-order valence-corrected chi connectivity index (χ4v) is 5.50. The van der Waals surface area contributed by atoms with Crippen molar-refractivity contribution < 1.29 is 0 Å². The second-order valence-corrected chi connectivity index (χ2v) is 9.98. The second-order valence-electron chi connectivity index (χ2n) is 8.09. The lowest BCUT2D eigenvalue weighted by molar-refractivity contribution is 0.410. The molecule has 0 aromatic carbocycles. The zero-order chi connectivity index (χ0) is 17.6. The number of tetrazole rings is 1. The molecule has 25 heavy (non-hydrogen) atoms. The normalized spacial score (nSPS) is 22.8. The number of hydrogen-bond acceptors (Lipinski definition) is 5. The van der Waals surface area contributed by atoms with Gasteiger partial charge in [0.05, 0.1) is 16.4 Å². The van der Waals surface area contributed by atoms with Crippen LogP contribution in [0.15, 0.2) is 6.07 Å². The van der Waals surface area contributed by atoms with Crippen LogP contribution in [0.4, 0.5) is 0 Å². The number of nitrogens with zero attached hydrogens (tertiary/aromatic N) is 4. The van der Waals surface area contributed by atoms with Crippen LogP contribution in [0.2, 0.25) is 4.34 Å². The smallest absolute Gasteiger partial charge is 0.173 e. The molecule has 2 aliphatic carbocycles. The Morgan fingerprint density at radius 3 is 2.80 bits per heavy atom. The number of aromatic nitrogens is 4. The van der Waals surface area contributed by atoms with Gasteiger partial charge in [-0.2, -0.15) is 0 Å². The molecule has 2 fully saturated rings. The number of hydrogen-bond donors (Lipinski definition) is 1. The maximum atomic E-state index is 6.28. The molecule has 5 nitrogen and oxygen atoms in total. The Bertz CT molecular complexity index is 748. The Hall–Kier alpha value is -0.980. The highest BCUT2D eigenvalue weighted by Crippen LogP contribution is 2.59. The van der Waals surface area contributed by atoms with E-state index in [1.165, 1.54) is 42.5 Å². The van der Waals surface area contributed by atoms with Crippen molar-refractivity contribution in [3.05, 3.63) is 26.7 Å². The molecule has 0 radical (unpaired) electrons. The van der Waals surface area contributed by atoms with E-state index >= 15 is 0 Å². The zero-order valence-electron chi connectivity index (χ0n) is 15.1. The second kappa shape index (κ2) is 6.63. The third-order valence-corrected chi connectivity index (χ3v) is 7.07. The van der Waals surface area contributed by atoms with E-state index < -0.39 is 0 Å². The highest BCUT2D eigenvalue weighted by atomic mass is 35.5. The molecule has 2 aliphatic rings. The van der Waals surface area contributed by atoms with E-state index in [1.807, 2.05) is 4.68 Å². The summed E-state index contributed by atoms with van der Waals surface area (Å²) >= 11 is 7.90. The molecule has 0 bridgehead atoms. The predicted octanol–water partition coefficient (Wildman–Crippen LogP) is 4.54. The number of halogens is 1. The molecule has 2 unspecified atom stereocenters. The van der Waals surface area contributed by atoms with Crippen LogP contribution in [0.5, 0.6) is 0 Å². The highest BCUT2D eigenvalue weighted by molar-refractivity contribution is 7.16. The first-order chi connectivity index (χ1) is 12.0. The monoisotopic (exact) mass is 379 g/mol. The molecule has 0 amide bonds. The molecular formula is C18H26ClN5S. The first kappa shape index (κ1) is 17.4. The van der Waals surface area contributed by atoms with Gasteiger partial charge in [0.1, 0.15) is 0 Å². The van der Waals surface area contributed by atoms with Crippen molar-refractivity contribution in [3.8, 4) is 0 Å². The summed E-state index contributed by atoms with van der Waals surface area (Å²) in [6.07, 6.45) is 7.02. The molecule has 0 saturated heterocycles. The topological polar surface area (TPSA) is 55.6 Å². The van der Waals surface area contributed by atoms with Gasteiger partial charge in [0.25, 0.3) is 0 Å². The summed E-state index contributed by atoms with van der Waals surface area (Å²) < 4.78 is 2.74. The van der Waals surface area contributed by atoms with Crippen molar-refractivity contribution in [2.45, 2.75) is 65.0 Å². The summed E-state index contributed by atoms with van der Waals surface area (Å²) in [5, 5.41) is 16.3. The average molecular weight is 380 g/mol. The van der Waals surface area contributed by atoms with Crippen molar-refractivity contribution >= 4 is 22.9 Å². The van der Waals surface area contributed by atoms with Gasteiger partial charge in [-0.1, -0.05) is 11.6 Å². The zero-order valence-corrected chi connectivity index (χ0v) is 16.7. The van der Waals surface area contributed by atoms with E-state index in [-0.39, 0.29) is 12.1 Å². The SMILES string of the molecule is Cc1sc(Cl)cc1C(NCC1CCC2(CC2)C1)c1nnnn1C(C)C. The number of thiophene rings is 1. The Morgan fingerprint density at radius 2 is 2.20 bits per heavy atom. The molecule has 2 aromatic rings. The summed E-state index contributed by atoms with van der Waals surface area (Å²) in [5.41, 5.74) is 1.91. The Balaban J connectivity index is 1.57. The van der Waals surface area contributed by atoms with Crippen LogP contribution in [-0.2, 0) is 0 Å². The molecule has 1 N–H and O–H groups in total. The molecule has 7 heteroatoms. The van der Waals surface area contributed by atoms with Gasteiger partial charge in [-0.3, -0.25) is 0 Å². The van der Waals surface area contributed by atoms with Crippen LogP contribution in [-0.4, -0.2) is 26.8 Å². The van der Waals surface area contributed by atoms with E-state index in [9.17, 15) is 0 Å². The van der Waals surface area contributed by atoms with Crippen molar-refractivity contribution in [3.63, 3.8) is 0 Å². The Kier molecular flexibility index (Phi) is 4.63. The molecule has 0 aliphatic heterocycles. The van der Waals surface area contributed by atoms with Crippen LogP contribution in [0.3, 0.4) is 0 Å². The summed E-state index contributed by atoms with van der Waals surface area (Å²) in [4.78, 5) is 1.23. The third kappa shape index (κ3) is 3.49. The van der Waals surface area contributed by atoms with Crippen molar-refractivity contribution in [1.82, 2.24) is 25.5 Å². The lowest BCUT2D eigenvalue weighted by Crippen LogP contribution is -2.30. The van der Waals surface area contributed by atoms with Gasteiger partial charge in [-0.05, 0) is 92.8 Å². The van der Waals surface area contributed by atoms with Crippen molar-refractivity contribution in [1.29, 1.82) is 0 Å². The maximum Gasteiger partial charge on any atom is 0.173 e. The van der Waals surface area contributed by atoms with Crippen LogP contribution in [0.25, 0.3) is 0 Å². The first-order valence-electron chi connectivity index (χ1n) is 9.24. The molecule has 2 saturated carbocycles. The fourth-order valence-electron chi connectivity index (χ4n) is 4.26. The lowest BCUT2D eigenvalue weighted by atomic mass is 10.0. The summed E-state index contributed by atoms with van der Waals surface area (Å²) in [6, 6.07) is 2.29. The highest BCUT2D eigenvalue weighted by Gasteiger charge is 2.47.